The summed E-state index contributed by atoms with van der Waals surface area (Å²) < 4.78 is 5.25. The monoisotopic (exact) mass is 571 g/mol. The highest BCUT2D eigenvalue weighted by atomic mass is 16.5. The van der Waals surface area contributed by atoms with Gasteiger partial charge in [-0.1, -0.05) is 50.6 Å². The zero-order valence-corrected chi connectivity index (χ0v) is 23.9. The SMILES string of the molecule is CC[C@H](C)[C@@H]1NC(=O)CN(C(=O)C2(C)COC2)CCNC(=O)[C@H](Cc2ccccc2)NC(=O)[C@@H]2C[C@@H](O)CN2C1=O. The first kappa shape index (κ1) is 30.4. The van der Waals surface area contributed by atoms with E-state index in [1.807, 2.05) is 44.2 Å². The minimum atomic E-state index is -1.01. The molecule has 3 aliphatic rings. The van der Waals surface area contributed by atoms with E-state index in [2.05, 4.69) is 16.0 Å². The van der Waals surface area contributed by atoms with Crippen LogP contribution in [0.25, 0.3) is 0 Å². The summed E-state index contributed by atoms with van der Waals surface area (Å²) in [5.74, 6) is -2.57. The quantitative estimate of drug-likeness (QED) is 0.360. The van der Waals surface area contributed by atoms with Gasteiger partial charge in [-0.3, -0.25) is 24.0 Å². The van der Waals surface area contributed by atoms with E-state index in [1.165, 1.54) is 9.80 Å². The molecule has 3 aliphatic heterocycles. The third kappa shape index (κ3) is 7.05. The van der Waals surface area contributed by atoms with E-state index in [-0.39, 0.29) is 64.1 Å². The Kier molecular flexibility index (Phi) is 9.64. The molecule has 224 valence electrons. The first-order chi connectivity index (χ1) is 19.5. The Morgan fingerprint density at radius 2 is 1.83 bits per heavy atom. The van der Waals surface area contributed by atoms with E-state index < -0.39 is 53.3 Å². The third-order valence-electron chi connectivity index (χ3n) is 8.24. The minimum absolute atomic E-state index is 0.0152. The van der Waals surface area contributed by atoms with Crippen molar-refractivity contribution in [2.24, 2.45) is 11.3 Å². The molecule has 12 nitrogen and oxygen atoms in total. The fourth-order valence-electron chi connectivity index (χ4n) is 5.49. The molecule has 1 aromatic rings. The molecule has 5 amide bonds. The van der Waals surface area contributed by atoms with Crippen LogP contribution < -0.4 is 16.0 Å². The molecule has 0 bridgehead atoms. The Morgan fingerprint density at radius 3 is 2.46 bits per heavy atom. The highest BCUT2D eigenvalue weighted by Crippen LogP contribution is 2.29. The maximum absolute atomic E-state index is 13.8. The van der Waals surface area contributed by atoms with Crippen LogP contribution in [-0.2, 0) is 35.1 Å². The molecule has 12 heteroatoms. The minimum Gasteiger partial charge on any atom is -0.391 e. The molecule has 3 heterocycles. The molecule has 0 aromatic heterocycles. The van der Waals surface area contributed by atoms with Gasteiger partial charge in [-0.05, 0) is 18.4 Å². The number of carbonyl (C=O) groups excluding carboxylic acids is 5. The van der Waals surface area contributed by atoms with Gasteiger partial charge in [0.05, 0.1) is 31.3 Å². The van der Waals surface area contributed by atoms with Gasteiger partial charge in [0.25, 0.3) is 0 Å². The molecule has 0 saturated carbocycles. The number of aliphatic hydroxyl groups excluding tert-OH is 1. The van der Waals surface area contributed by atoms with E-state index in [0.29, 0.717) is 6.42 Å². The summed E-state index contributed by atoms with van der Waals surface area (Å²) in [5.41, 5.74) is 0.0496. The topological polar surface area (TPSA) is 157 Å². The first-order valence-electron chi connectivity index (χ1n) is 14.3. The van der Waals surface area contributed by atoms with Crippen LogP contribution >= 0.6 is 0 Å². The molecule has 4 N–H and O–H groups in total. The summed E-state index contributed by atoms with van der Waals surface area (Å²) in [6.45, 7) is 5.68. The summed E-state index contributed by atoms with van der Waals surface area (Å²) in [7, 11) is 0. The van der Waals surface area contributed by atoms with Crippen molar-refractivity contribution in [2.45, 2.75) is 64.3 Å². The van der Waals surface area contributed by atoms with Crippen LogP contribution in [0.4, 0.5) is 0 Å². The van der Waals surface area contributed by atoms with Gasteiger partial charge in [0.15, 0.2) is 0 Å². The lowest BCUT2D eigenvalue weighted by Crippen LogP contribution is -2.59. The fourth-order valence-corrected chi connectivity index (χ4v) is 5.49. The van der Waals surface area contributed by atoms with E-state index in [9.17, 15) is 29.1 Å². The van der Waals surface area contributed by atoms with Crippen LogP contribution in [0.1, 0.15) is 39.2 Å². The Hall–Kier alpha value is -3.51. The van der Waals surface area contributed by atoms with Crippen molar-refractivity contribution < 1.29 is 33.8 Å². The van der Waals surface area contributed by atoms with Crippen molar-refractivity contribution in [3.05, 3.63) is 35.9 Å². The fraction of sp³-hybridized carbons (Fsp3) is 0.621. The number of hydrogen-bond donors (Lipinski definition) is 4. The van der Waals surface area contributed by atoms with Gasteiger partial charge < -0.3 is 35.6 Å². The van der Waals surface area contributed by atoms with Gasteiger partial charge in [-0.2, -0.15) is 0 Å². The van der Waals surface area contributed by atoms with E-state index in [1.54, 1.807) is 6.92 Å². The number of rotatable bonds is 5. The van der Waals surface area contributed by atoms with Crippen molar-refractivity contribution in [1.29, 1.82) is 0 Å². The number of aliphatic hydroxyl groups is 1. The van der Waals surface area contributed by atoms with Gasteiger partial charge >= 0.3 is 0 Å². The number of benzene rings is 1. The molecule has 0 spiro atoms. The molecule has 0 radical (unpaired) electrons. The summed E-state index contributed by atoms with van der Waals surface area (Å²) in [4.78, 5) is 70.0. The second-order valence-corrected chi connectivity index (χ2v) is 11.6. The first-order valence-corrected chi connectivity index (χ1v) is 14.3. The summed E-state index contributed by atoms with van der Waals surface area (Å²) in [5, 5.41) is 18.9. The molecular weight excluding hydrogens is 530 g/mol. The zero-order chi connectivity index (χ0) is 29.7. The number of nitrogens with zero attached hydrogens (tertiary/aromatic N) is 2. The van der Waals surface area contributed by atoms with Crippen LogP contribution in [0.5, 0.6) is 0 Å². The molecule has 4 rings (SSSR count). The number of fused-ring (bicyclic) bond motifs is 1. The van der Waals surface area contributed by atoms with Crippen LogP contribution in [0.2, 0.25) is 0 Å². The number of nitrogens with one attached hydrogen (secondary N) is 3. The van der Waals surface area contributed by atoms with Gasteiger partial charge in [-0.25, -0.2) is 0 Å². The smallest absolute Gasteiger partial charge is 0.246 e. The maximum atomic E-state index is 13.8. The Labute approximate surface area is 240 Å². The highest BCUT2D eigenvalue weighted by Gasteiger charge is 2.45. The van der Waals surface area contributed by atoms with Crippen LogP contribution in [0.3, 0.4) is 0 Å². The van der Waals surface area contributed by atoms with E-state index in [4.69, 9.17) is 4.74 Å². The van der Waals surface area contributed by atoms with Gasteiger partial charge in [0.1, 0.15) is 18.1 Å². The molecule has 3 saturated heterocycles. The normalized spacial score (nSPS) is 28.3. The standard InChI is InChI=1S/C29H41N5O7/c1-4-18(2)24-27(39)34-14-20(35)13-22(34)26(38)31-21(12-19-8-6-5-7-9-19)25(37)30-10-11-33(15-23(36)32-24)28(40)29(3)16-41-17-29/h5-9,18,20-22,24,35H,4,10-17H2,1-3H3,(H,30,37)(H,31,38)(H,32,36)/t18-,20+,21-,22-,24-/m0/s1. The van der Waals surface area contributed by atoms with Gasteiger partial charge in [0, 0.05) is 32.5 Å². The van der Waals surface area contributed by atoms with Crippen molar-refractivity contribution in [2.75, 3.05) is 39.4 Å². The van der Waals surface area contributed by atoms with Crippen LogP contribution in [-0.4, -0.2) is 108 Å². The second-order valence-electron chi connectivity index (χ2n) is 11.6. The number of hydrogen-bond acceptors (Lipinski definition) is 7. The molecule has 5 atom stereocenters. The number of amides is 5. The number of ether oxygens (including phenoxy) is 1. The lowest BCUT2D eigenvalue weighted by molar-refractivity contribution is -0.169. The van der Waals surface area contributed by atoms with E-state index >= 15 is 0 Å². The summed E-state index contributed by atoms with van der Waals surface area (Å²) in [6, 6.07) is 6.29. The average molecular weight is 572 g/mol. The Balaban J connectivity index is 1.66. The second kappa shape index (κ2) is 13.0. The van der Waals surface area contributed by atoms with Crippen molar-refractivity contribution >= 4 is 29.5 Å². The lowest BCUT2D eigenvalue weighted by atomic mass is 9.87. The van der Waals surface area contributed by atoms with Crippen molar-refractivity contribution in [3.8, 4) is 0 Å². The molecule has 0 unspecified atom stereocenters. The lowest BCUT2D eigenvalue weighted by Gasteiger charge is -2.40. The van der Waals surface area contributed by atoms with Gasteiger partial charge in [-0.15, -0.1) is 0 Å². The molecular formula is C29H41N5O7. The average Bonchev–Trinajstić information content (AvgIpc) is 3.34. The maximum Gasteiger partial charge on any atom is 0.246 e. The molecule has 1 aromatic carbocycles. The Bertz CT molecular complexity index is 1140. The largest absolute Gasteiger partial charge is 0.391 e. The predicted molar refractivity (Wildman–Crippen MR) is 148 cm³/mol. The molecule has 0 aliphatic carbocycles. The van der Waals surface area contributed by atoms with Crippen molar-refractivity contribution in [1.82, 2.24) is 25.8 Å². The molecule has 41 heavy (non-hydrogen) atoms. The summed E-state index contributed by atoms with van der Waals surface area (Å²) >= 11 is 0. The van der Waals surface area contributed by atoms with Crippen molar-refractivity contribution in [3.63, 3.8) is 0 Å². The summed E-state index contributed by atoms with van der Waals surface area (Å²) in [6.07, 6.45) is -0.141. The Morgan fingerprint density at radius 1 is 1.12 bits per heavy atom. The zero-order valence-electron chi connectivity index (χ0n) is 23.9. The van der Waals surface area contributed by atoms with Crippen LogP contribution in [0.15, 0.2) is 30.3 Å². The highest BCUT2D eigenvalue weighted by molar-refractivity contribution is 5.96. The third-order valence-corrected chi connectivity index (χ3v) is 8.24. The van der Waals surface area contributed by atoms with Gasteiger partial charge in [0.2, 0.25) is 29.5 Å². The molecule has 3 fully saturated rings. The van der Waals surface area contributed by atoms with E-state index in [0.717, 1.165) is 5.56 Å². The number of carbonyl (C=O) groups is 5. The predicted octanol–water partition coefficient (Wildman–Crippen LogP) is -0.798. The van der Waals surface area contributed by atoms with Crippen LogP contribution in [0, 0.1) is 11.3 Å².